The molecule has 12 heteroatoms. The van der Waals surface area contributed by atoms with Crippen LogP contribution in [0.15, 0.2) is 42.7 Å². The molecule has 0 aliphatic rings. The number of hydrogen-bond donors (Lipinski definition) is 0. The Balaban J connectivity index is 0.000000673. The van der Waals surface area contributed by atoms with Crippen LogP contribution in [-0.2, 0) is 34.4 Å². The molecule has 0 amide bonds. The fourth-order valence-corrected chi connectivity index (χ4v) is 1.91. The van der Waals surface area contributed by atoms with E-state index in [-0.39, 0.29) is 29.7 Å². The summed E-state index contributed by atoms with van der Waals surface area (Å²) in [6.45, 7) is 0. The number of pyridine rings is 2. The summed E-state index contributed by atoms with van der Waals surface area (Å²) in [7, 11) is -5.17. The third-order valence-electron chi connectivity index (χ3n) is 2.64. The van der Waals surface area contributed by atoms with Crippen molar-refractivity contribution in [3.63, 3.8) is 0 Å². The number of nitrogens with zero attached hydrogens (tertiary/aromatic N) is 3. The molecule has 10 nitrogen and oxygen atoms in total. The molecule has 1 aromatic carbocycles. The molecule has 1 radical (unpaired) electrons. The van der Waals surface area contributed by atoms with Crippen LogP contribution in [0.3, 0.4) is 0 Å². The molecule has 0 atom stereocenters. The van der Waals surface area contributed by atoms with Crippen LogP contribution in [0.2, 0.25) is 0 Å². The third-order valence-corrected chi connectivity index (χ3v) is 2.64. The summed E-state index contributed by atoms with van der Waals surface area (Å²) in [5.74, 6) is 0. The molecule has 2 heterocycles. The Morgan fingerprint density at radius 1 is 1.00 bits per heavy atom. The Hall–Kier alpha value is -2.15. The van der Waals surface area contributed by atoms with Gasteiger partial charge in [-0.2, -0.15) is 0 Å². The fraction of sp³-hybridized carbons (Fsp3) is 0. The second-order valence-electron chi connectivity index (χ2n) is 4.04. The normalized spacial score (nSPS) is 10.1. The van der Waals surface area contributed by atoms with Gasteiger partial charge < -0.3 is 14.6 Å². The van der Waals surface area contributed by atoms with Gasteiger partial charge in [0.15, 0.2) is 0 Å². The molecule has 0 aliphatic heterocycles. The Morgan fingerprint density at radius 2 is 1.50 bits per heavy atom. The van der Waals surface area contributed by atoms with Gasteiger partial charge in [0, 0.05) is 34.2 Å². The molecule has 0 aliphatic carbocycles. The van der Waals surface area contributed by atoms with E-state index in [0.717, 1.165) is 5.39 Å². The average Bonchev–Trinajstić information content (AvgIpc) is 2.44. The summed E-state index contributed by atoms with van der Waals surface area (Å²) in [6, 6.07) is 8.45. The molecule has 0 spiro atoms. The van der Waals surface area contributed by atoms with Gasteiger partial charge in [-0.1, -0.05) is 6.07 Å². The Labute approximate surface area is 147 Å². The molecule has 0 saturated heterocycles. The molecule has 0 bridgehead atoms. The topological polar surface area (TPSA) is 178 Å². The van der Waals surface area contributed by atoms with Gasteiger partial charge in [0.1, 0.15) is 5.52 Å². The molecule has 0 N–H and O–H groups in total. The van der Waals surface area contributed by atoms with Gasteiger partial charge in [-0.3, -0.25) is 28.5 Å². The maximum Gasteiger partial charge on any atom is 4.00 e. The van der Waals surface area contributed by atoms with Gasteiger partial charge in [0.25, 0.3) is 5.69 Å². The molecule has 0 fully saturated rings. The molecule has 0 saturated carbocycles. The Bertz CT molecular complexity index is 957. The van der Waals surface area contributed by atoms with E-state index < -0.39 is 15.3 Å². The van der Waals surface area contributed by atoms with E-state index in [4.69, 9.17) is 17.5 Å². The van der Waals surface area contributed by atoms with Crippen LogP contribution in [0.25, 0.3) is 21.8 Å². The van der Waals surface area contributed by atoms with Gasteiger partial charge in [-0.25, -0.2) is 0 Å². The summed E-state index contributed by atoms with van der Waals surface area (Å²) in [5.41, 5.74) is 1.32. The van der Waals surface area contributed by atoms with E-state index in [1.54, 1.807) is 36.7 Å². The van der Waals surface area contributed by atoms with Crippen LogP contribution >= 0.6 is 0 Å². The standard InChI is InChI=1S/C12H7N3O2.H2O4S.O.V/c16-15(17)10-7-8-3-1-5-13-11(8)12-9(10)4-2-6-14-12;1-5(2,3)4;;/h1-7H;(H2,1,2,3,4);;/q;;-2;+4/p-2. The van der Waals surface area contributed by atoms with Gasteiger partial charge in [0.2, 0.25) is 0 Å². The number of fused-ring (bicyclic) bond motifs is 3. The van der Waals surface area contributed by atoms with E-state index in [1.165, 1.54) is 6.07 Å². The largest absolute Gasteiger partial charge is 4.00 e. The first kappa shape index (κ1) is 21.9. The summed E-state index contributed by atoms with van der Waals surface area (Å²) in [4.78, 5) is 19.0. The minimum atomic E-state index is -5.17. The third kappa shape index (κ3) is 5.49. The SMILES string of the molecule is O=S(=O)([O-])[O-].O=[N+]([O-])c1cc2cccnc2c2ncccc12.[O-2].[V+4]. The van der Waals surface area contributed by atoms with Gasteiger partial charge in [-0.15, -0.1) is 0 Å². The van der Waals surface area contributed by atoms with Gasteiger partial charge in [0.05, 0.1) is 15.8 Å². The zero-order chi connectivity index (χ0) is 16.3. The molecule has 123 valence electrons. The number of hydrogen-bond acceptors (Lipinski definition) is 8. The molecule has 0 unspecified atom stereocenters. The van der Waals surface area contributed by atoms with Crippen LogP contribution in [0.1, 0.15) is 0 Å². The second-order valence-corrected chi connectivity index (χ2v) is 4.85. The van der Waals surface area contributed by atoms with Crippen LogP contribution < -0.4 is 0 Å². The maximum absolute atomic E-state index is 11.0. The van der Waals surface area contributed by atoms with Crippen LogP contribution in [0.4, 0.5) is 5.69 Å². The zero-order valence-corrected chi connectivity index (χ0v) is 13.8. The minimum Gasteiger partial charge on any atom is -2.00 e. The van der Waals surface area contributed by atoms with Crippen molar-refractivity contribution in [1.29, 1.82) is 0 Å². The fourth-order valence-electron chi connectivity index (χ4n) is 1.91. The molecular weight excluding hydrogens is 381 g/mol. The van der Waals surface area contributed by atoms with Crippen molar-refractivity contribution in [2.24, 2.45) is 0 Å². The summed E-state index contributed by atoms with van der Waals surface area (Å²) < 4.78 is 34.1. The van der Waals surface area contributed by atoms with Crippen molar-refractivity contribution in [2.45, 2.75) is 0 Å². The van der Waals surface area contributed by atoms with Crippen LogP contribution in [0.5, 0.6) is 0 Å². The second kappa shape index (κ2) is 8.64. The minimum absolute atomic E-state index is 0. The molecular formula is C12H7N3O7SV. The van der Waals surface area contributed by atoms with E-state index in [9.17, 15) is 10.1 Å². The van der Waals surface area contributed by atoms with Crippen molar-refractivity contribution in [2.75, 3.05) is 0 Å². The molecule has 3 aromatic rings. The Morgan fingerprint density at radius 3 is 2.04 bits per heavy atom. The number of aromatic nitrogens is 2. The summed E-state index contributed by atoms with van der Waals surface area (Å²) in [6.07, 6.45) is 3.27. The summed E-state index contributed by atoms with van der Waals surface area (Å²) >= 11 is 0. The predicted molar refractivity (Wildman–Crippen MR) is 74.9 cm³/mol. The molecule has 3 rings (SSSR count). The average molecular weight is 388 g/mol. The smallest absolute Gasteiger partial charge is 2.00 e. The number of non-ortho nitro benzene ring substituents is 1. The van der Waals surface area contributed by atoms with Crippen LogP contribution in [0, 0.1) is 10.1 Å². The van der Waals surface area contributed by atoms with E-state index in [1.807, 2.05) is 0 Å². The van der Waals surface area contributed by atoms with Gasteiger partial charge >= 0.3 is 18.6 Å². The number of nitro groups is 1. The van der Waals surface area contributed by atoms with Crippen molar-refractivity contribution < 1.29 is 46.5 Å². The molecule has 2 aromatic heterocycles. The van der Waals surface area contributed by atoms with Crippen molar-refractivity contribution >= 4 is 37.9 Å². The van der Waals surface area contributed by atoms with Crippen molar-refractivity contribution in [3.05, 3.63) is 52.8 Å². The molecule has 24 heavy (non-hydrogen) atoms. The van der Waals surface area contributed by atoms with Gasteiger partial charge in [-0.05, 0) is 18.2 Å². The quantitative estimate of drug-likeness (QED) is 0.196. The van der Waals surface area contributed by atoms with E-state index >= 15 is 0 Å². The monoisotopic (exact) mass is 388 g/mol. The first-order valence-corrected chi connectivity index (χ1v) is 7.04. The first-order chi connectivity index (χ1) is 10.3. The summed E-state index contributed by atoms with van der Waals surface area (Å²) in [5, 5.41) is 12.3. The number of rotatable bonds is 1. The Kier molecular flexibility index (Phi) is 7.86. The predicted octanol–water partition coefficient (Wildman–Crippen LogP) is 1.23. The van der Waals surface area contributed by atoms with Crippen molar-refractivity contribution in [3.8, 4) is 0 Å². The van der Waals surface area contributed by atoms with E-state index in [0.29, 0.717) is 16.4 Å². The first-order valence-electron chi connectivity index (χ1n) is 5.71. The number of benzene rings is 1. The van der Waals surface area contributed by atoms with E-state index in [2.05, 4.69) is 9.97 Å². The van der Waals surface area contributed by atoms with Crippen LogP contribution in [-0.4, -0.2) is 32.4 Å². The van der Waals surface area contributed by atoms with Crippen molar-refractivity contribution in [1.82, 2.24) is 9.97 Å². The zero-order valence-electron chi connectivity index (χ0n) is 11.6. The maximum atomic E-state index is 11.0. The number of nitro benzene ring substituents is 1.